The highest BCUT2D eigenvalue weighted by molar-refractivity contribution is 5.66. The van der Waals surface area contributed by atoms with Gasteiger partial charge in [-0.3, -0.25) is 0 Å². The summed E-state index contributed by atoms with van der Waals surface area (Å²) in [7, 11) is 4.04. The summed E-state index contributed by atoms with van der Waals surface area (Å²) < 4.78 is 2.00. The van der Waals surface area contributed by atoms with Gasteiger partial charge in [0.2, 0.25) is 0 Å². The van der Waals surface area contributed by atoms with Crippen molar-refractivity contribution in [3.8, 4) is 0 Å². The molecule has 0 radical (unpaired) electrons. The summed E-state index contributed by atoms with van der Waals surface area (Å²) in [6.07, 6.45) is 1.09. The molecule has 0 saturated carbocycles. The molecule has 0 unspecified atom stereocenters. The summed E-state index contributed by atoms with van der Waals surface area (Å²) in [5.41, 5.74) is 7.81. The fourth-order valence-corrected chi connectivity index (χ4v) is 1.89. The summed E-state index contributed by atoms with van der Waals surface area (Å²) in [6.45, 7) is 8.19. The molecule has 98 valence electrons. The van der Waals surface area contributed by atoms with Crippen LogP contribution in [0.2, 0.25) is 0 Å². The van der Waals surface area contributed by atoms with E-state index in [9.17, 15) is 0 Å². The Morgan fingerprint density at radius 2 is 2.12 bits per heavy atom. The minimum atomic E-state index is 0.327. The van der Waals surface area contributed by atoms with Gasteiger partial charge in [0, 0.05) is 19.6 Å². The first-order valence-corrected chi connectivity index (χ1v) is 6.19. The smallest absolute Gasteiger partial charge is 0.150 e. The van der Waals surface area contributed by atoms with Crippen LogP contribution in [-0.4, -0.2) is 37.0 Å². The van der Waals surface area contributed by atoms with Gasteiger partial charge < -0.3 is 16.0 Å². The van der Waals surface area contributed by atoms with Crippen molar-refractivity contribution in [3.63, 3.8) is 0 Å². The number of hydrogen-bond acceptors (Lipinski definition) is 4. The van der Waals surface area contributed by atoms with Gasteiger partial charge in [0.15, 0.2) is 5.82 Å². The van der Waals surface area contributed by atoms with E-state index in [-0.39, 0.29) is 0 Å². The lowest BCUT2D eigenvalue weighted by Gasteiger charge is -2.22. The Balaban J connectivity index is 2.87. The normalized spacial score (nSPS) is 11.2. The highest BCUT2D eigenvalue weighted by Crippen LogP contribution is 2.28. The number of nitrogen functional groups attached to an aromatic ring is 1. The quantitative estimate of drug-likeness (QED) is 0.737. The lowest BCUT2D eigenvalue weighted by molar-refractivity contribution is 0.524. The average Bonchev–Trinajstić information content (AvgIpc) is 2.56. The van der Waals surface area contributed by atoms with E-state index < -0.39 is 0 Å². The molecule has 0 amide bonds. The van der Waals surface area contributed by atoms with Gasteiger partial charge in [-0.2, -0.15) is 5.10 Å². The van der Waals surface area contributed by atoms with Gasteiger partial charge in [-0.25, -0.2) is 4.68 Å². The first-order chi connectivity index (χ1) is 7.99. The topological polar surface area (TPSA) is 59.1 Å². The fraction of sp³-hybridized carbons (Fsp3) is 0.750. The first kappa shape index (κ1) is 13.8. The molecule has 0 fully saturated rings. The lowest BCUT2D eigenvalue weighted by Crippen LogP contribution is -2.26. The van der Waals surface area contributed by atoms with Crippen molar-refractivity contribution >= 4 is 11.5 Å². The number of nitrogens with one attached hydrogen (secondary N) is 1. The molecule has 1 aromatic rings. The highest BCUT2D eigenvalue weighted by Gasteiger charge is 2.17. The summed E-state index contributed by atoms with van der Waals surface area (Å²) in [5.74, 6) is 1.04. The number of aryl methyl sites for hydroxylation is 1. The Kier molecular flexibility index (Phi) is 4.81. The predicted octanol–water partition coefficient (Wildman–Crippen LogP) is 1.40. The van der Waals surface area contributed by atoms with Crippen molar-refractivity contribution < 1.29 is 0 Å². The van der Waals surface area contributed by atoms with Crippen LogP contribution in [0.15, 0.2) is 0 Å². The van der Waals surface area contributed by atoms with Gasteiger partial charge in [0.25, 0.3) is 0 Å². The predicted molar refractivity (Wildman–Crippen MR) is 73.6 cm³/mol. The van der Waals surface area contributed by atoms with Gasteiger partial charge >= 0.3 is 0 Å². The molecule has 0 bridgehead atoms. The zero-order valence-electron chi connectivity index (χ0n) is 11.6. The van der Waals surface area contributed by atoms with E-state index in [1.165, 1.54) is 0 Å². The van der Waals surface area contributed by atoms with E-state index in [1.54, 1.807) is 0 Å². The van der Waals surface area contributed by atoms with E-state index in [0.29, 0.717) is 6.04 Å². The van der Waals surface area contributed by atoms with Gasteiger partial charge in [0.1, 0.15) is 0 Å². The van der Waals surface area contributed by atoms with Crippen molar-refractivity contribution in [1.82, 2.24) is 15.1 Å². The van der Waals surface area contributed by atoms with Crippen LogP contribution in [-0.2, 0) is 0 Å². The van der Waals surface area contributed by atoms with Gasteiger partial charge in [-0.1, -0.05) is 0 Å². The molecule has 0 aliphatic rings. The molecule has 0 saturated heterocycles. The molecule has 5 heteroatoms. The van der Waals surface area contributed by atoms with Crippen LogP contribution in [0.4, 0.5) is 11.5 Å². The molecular formula is C12H25N5. The molecule has 1 rings (SSSR count). The number of nitrogens with zero attached hydrogens (tertiary/aromatic N) is 3. The van der Waals surface area contributed by atoms with Crippen LogP contribution in [0.3, 0.4) is 0 Å². The Bertz CT molecular complexity index is 356. The van der Waals surface area contributed by atoms with Crippen LogP contribution < -0.4 is 16.0 Å². The standard InChI is InChI=1S/C12H25N5/c1-9(2)17-12(11(13)10(3)15-17)16(5)8-6-7-14-4/h9,14H,6-8,13H2,1-5H3. The molecular weight excluding hydrogens is 214 g/mol. The number of nitrogens with two attached hydrogens (primary N) is 1. The fourth-order valence-electron chi connectivity index (χ4n) is 1.89. The van der Waals surface area contributed by atoms with Gasteiger partial charge in [-0.05, 0) is 40.8 Å². The molecule has 0 atom stereocenters. The van der Waals surface area contributed by atoms with Crippen LogP contribution in [0.5, 0.6) is 0 Å². The Morgan fingerprint density at radius 1 is 1.47 bits per heavy atom. The van der Waals surface area contributed by atoms with Gasteiger partial charge in [0.05, 0.1) is 11.4 Å². The zero-order valence-corrected chi connectivity index (χ0v) is 11.6. The largest absolute Gasteiger partial charge is 0.394 e. The Hall–Kier alpha value is -1.23. The second kappa shape index (κ2) is 5.91. The first-order valence-electron chi connectivity index (χ1n) is 6.19. The van der Waals surface area contributed by atoms with Crippen LogP contribution >= 0.6 is 0 Å². The number of anilines is 2. The third-order valence-corrected chi connectivity index (χ3v) is 2.88. The molecule has 17 heavy (non-hydrogen) atoms. The van der Waals surface area contributed by atoms with Crippen LogP contribution in [0, 0.1) is 6.92 Å². The van der Waals surface area contributed by atoms with Crippen molar-refractivity contribution in [3.05, 3.63) is 5.69 Å². The minimum absolute atomic E-state index is 0.327. The monoisotopic (exact) mass is 239 g/mol. The summed E-state index contributed by atoms with van der Waals surface area (Å²) in [6, 6.07) is 0.327. The summed E-state index contributed by atoms with van der Waals surface area (Å²) in [5, 5.41) is 7.64. The van der Waals surface area contributed by atoms with Crippen LogP contribution in [0.1, 0.15) is 32.0 Å². The third-order valence-electron chi connectivity index (χ3n) is 2.88. The second-order valence-corrected chi connectivity index (χ2v) is 4.74. The molecule has 0 spiro atoms. The SMILES string of the molecule is CNCCCN(C)c1c(N)c(C)nn1C(C)C. The van der Waals surface area contributed by atoms with Crippen molar-refractivity contribution in [2.24, 2.45) is 0 Å². The van der Waals surface area contributed by atoms with Crippen LogP contribution in [0.25, 0.3) is 0 Å². The molecule has 3 N–H and O–H groups in total. The third kappa shape index (κ3) is 3.12. The van der Waals surface area contributed by atoms with E-state index in [0.717, 1.165) is 36.7 Å². The minimum Gasteiger partial charge on any atom is -0.394 e. The zero-order chi connectivity index (χ0) is 13.0. The number of aromatic nitrogens is 2. The molecule has 1 aromatic heterocycles. The molecule has 1 heterocycles. The summed E-state index contributed by atoms with van der Waals surface area (Å²) in [4.78, 5) is 2.19. The molecule has 0 aromatic carbocycles. The van der Waals surface area contributed by atoms with Gasteiger partial charge in [-0.15, -0.1) is 0 Å². The highest BCUT2D eigenvalue weighted by atomic mass is 15.4. The maximum Gasteiger partial charge on any atom is 0.150 e. The van der Waals surface area contributed by atoms with E-state index in [4.69, 9.17) is 5.73 Å². The number of rotatable bonds is 6. The van der Waals surface area contributed by atoms with E-state index in [1.807, 2.05) is 18.7 Å². The maximum absolute atomic E-state index is 6.11. The molecule has 0 aliphatic heterocycles. The van der Waals surface area contributed by atoms with Crippen molar-refractivity contribution in [2.75, 3.05) is 37.8 Å². The number of hydrogen-bond donors (Lipinski definition) is 2. The van der Waals surface area contributed by atoms with E-state index >= 15 is 0 Å². The Labute approximate surface area is 104 Å². The molecule has 0 aliphatic carbocycles. The van der Waals surface area contributed by atoms with Crippen molar-refractivity contribution in [1.29, 1.82) is 0 Å². The summed E-state index contributed by atoms with van der Waals surface area (Å²) >= 11 is 0. The lowest BCUT2D eigenvalue weighted by atomic mass is 10.3. The van der Waals surface area contributed by atoms with Crippen molar-refractivity contribution in [2.45, 2.75) is 33.2 Å². The second-order valence-electron chi connectivity index (χ2n) is 4.74. The molecule has 5 nitrogen and oxygen atoms in total. The Morgan fingerprint density at radius 3 is 2.65 bits per heavy atom. The average molecular weight is 239 g/mol. The maximum atomic E-state index is 6.11. The van der Waals surface area contributed by atoms with E-state index in [2.05, 4.69) is 36.2 Å².